The van der Waals surface area contributed by atoms with Crippen molar-refractivity contribution in [1.29, 1.82) is 0 Å². The van der Waals surface area contributed by atoms with Gasteiger partial charge in [0.05, 0.1) is 9.79 Å². The van der Waals surface area contributed by atoms with Crippen molar-refractivity contribution in [2.45, 2.75) is 9.79 Å². The Labute approximate surface area is 120 Å². The molecule has 0 heterocycles. The minimum Gasteiger partial charge on any atom is -0.318 e. The van der Waals surface area contributed by atoms with Crippen molar-refractivity contribution in [3.8, 4) is 0 Å². The monoisotopic (exact) mass is 321 g/mol. The van der Waals surface area contributed by atoms with Crippen LogP contribution in [-0.4, -0.2) is 55.4 Å². The molecule has 0 saturated heterocycles. The summed E-state index contributed by atoms with van der Waals surface area (Å²) in [5, 5.41) is 2.87. The summed E-state index contributed by atoms with van der Waals surface area (Å²) in [5.74, 6) is 0. The second-order valence-electron chi connectivity index (χ2n) is 4.11. The zero-order chi connectivity index (χ0) is 15.4. The van der Waals surface area contributed by atoms with Crippen LogP contribution in [0.4, 0.5) is 0 Å². The molecule has 0 aromatic heterocycles. The number of sulfonamides is 2. The van der Waals surface area contributed by atoms with Crippen LogP contribution in [0.3, 0.4) is 0 Å². The normalized spacial score (nSPS) is 12.8. The molecule has 2 N–H and O–H groups in total. The van der Waals surface area contributed by atoms with Crippen molar-refractivity contribution in [2.24, 2.45) is 0 Å². The molecule has 1 aromatic rings. The third-order valence-corrected chi connectivity index (χ3v) is 6.09. The third-order valence-electron chi connectivity index (χ3n) is 2.79. The molecule has 0 aliphatic rings. The minimum atomic E-state index is -3.60. The Morgan fingerprint density at radius 3 is 1.95 bits per heavy atom. The van der Waals surface area contributed by atoms with Gasteiger partial charge in [0.2, 0.25) is 20.0 Å². The highest BCUT2D eigenvalue weighted by atomic mass is 32.2. The maximum atomic E-state index is 12.2. The first-order chi connectivity index (χ1) is 9.25. The van der Waals surface area contributed by atoms with Gasteiger partial charge < -0.3 is 5.32 Å². The van der Waals surface area contributed by atoms with Crippen LogP contribution < -0.4 is 10.0 Å². The minimum absolute atomic E-state index is 0.0248. The molecule has 7 nitrogen and oxygen atoms in total. The van der Waals surface area contributed by atoms with E-state index < -0.39 is 20.0 Å². The number of rotatable bonds is 7. The van der Waals surface area contributed by atoms with Gasteiger partial charge in [0.15, 0.2) is 0 Å². The van der Waals surface area contributed by atoms with E-state index in [4.69, 9.17) is 0 Å². The fourth-order valence-corrected chi connectivity index (χ4v) is 3.38. The van der Waals surface area contributed by atoms with Gasteiger partial charge in [-0.3, -0.25) is 0 Å². The van der Waals surface area contributed by atoms with Crippen LogP contribution in [0.1, 0.15) is 0 Å². The van der Waals surface area contributed by atoms with Crippen LogP contribution >= 0.6 is 0 Å². The van der Waals surface area contributed by atoms with Gasteiger partial charge in [-0.05, 0) is 38.4 Å². The van der Waals surface area contributed by atoms with Crippen LogP contribution in [0.5, 0.6) is 0 Å². The van der Waals surface area contributed by atoms with E-state index in [1.54, 1.807) is 7.05 Å². The van der Waals surface area contributed by atoms with Crippen molar-refractivity contribution < 1.29 is 16.8 Å². The Bertz CT molecular complexity index is 639. The summed E-state index contributed by atoms with van der Waals surface area (Å²) in [4.78, 5) is 0.0861. The van der Waals surface area contributed by atoms with Gasteiger partial charge in [-0.2, -0.15) is 4.31 Å². The largest absolute Gasteiger partial charge is 0.318 e. The molecule has 0 saturated carbocycles. The van der Waals surface area contributed by atoms with Gasteiger partial charge in [0.25, 0.3) is 0 Å². The lowest BCUT2D eigenvalue weighted by Crippen LogP contribution is -2.32. The van der Waals surface area contributed by atoms with E-state index in [9.17, 15) is 16.8 Å². The number of benzene rings is 1. The van der Waals surface area contributed by atoms with Crippen molar-refractivity contribution in [1.82, 2.24) is 14.3 Å². The van der Waals surface area contributed by atoms with Crippen LogP contribution in [-0.2, 0) is 20.0 Å². The molecule has 0 bridgehead atoms. The molecule has 0 fully saturated rings. The van der Waals surface area contributed by atoms with E-state index in [1.165, 1.54) is 42.7 Å². The Hall–Kier alpha value is -1.00. The van der Waals surface area contributed by atoms with Crippen molar-refractivity contribution in [3.05, 3.63) is 24.3 Å². The summed E-state index contributed by atoms with van der Waals surface area (Å²) in [6.07, 6.45) is 0. The molecular formula is C11H19N3O4S2. The Morgan fingerprint density at radius 1 is 1.00 bits per heavy atom. The van der Waals surface area contributed by atoms with E-state index in [1.807, 2.05) is 0 Å². The van der Waals surface area contributed by atoms with E-state index in [2.05, 4.69) is 10.0 Å². The molecule has 0 aliphatic carbocycles. The van der Waals surface area contributed by atoms with Crippen LogP contribution in [0.15, 0.2) is 34.1 Å². The molecular weight excluding hydrogens is 302 g/mol. The van der Waals surface area contributed by atoms with Gasteiger partial charge in [0, 0.05) is 20.1 Å². The molecule has 0 atom stereocenters. The number of nitrogens with zero attached hydrogens (tertiary/aromatic N) is 1. The highest BCUT2D eigenvalue weighted by Crippen LogP contribution is 2.17. The first-order valence-electron chi connectivity index (χ1n) is 5.90. The summed E-state index contributed by atoms with van der Waals surface area (Å²) in [6.45, 7) is 0.858. The second-order valence-corrected chi connectivity index (χ2v) is 8.04. The number of hydrogen-bond donors (Lipinski definition) is 2. The zero-order valence-corrected chi connectivity index (χ0v) is 13.3. The third kappa shape index (κ3) is 3.76. The lowest BCUT2D eigenvalue weighted by Gasteiger charge is -2.17. The number of hydrogen-bond acceptors (Lipinski definition) is 5. The molecule has 20 heavy (non-hydrogen) atoms. The molecule has 0 aliphatic heterocycles. The predicted molar refractivity (Wildman–Crippen MR) is 76.4 cm³/mol. The lowest BCUT2D eigenvalue weighted by molar-refractivity contribution is 0.466. The van der Waals surface area contributed by atoms with E-state index in [0.717, 1.165) is 0 Å². The predicted octanol–water partition coefficient (Wildman–Crippen LogP) is -0.565. The maximum Gasteiger partial charge on any atom is 0.242 e. The van der Waals surface area contributed by atoms with Gasteiger partial charge >= 0.3 is 0 Å². The van der Waals surface area contributed by atoms with Crippen molar-refractivity contribution >= 4 is 20.0 Å². The summed E-state index contributed by atoms with van der Waals surface area (Å²) in [6, 6.07) is 5.11. The SMILES string of the molecule is CNCCN(C)S(=O)(=O)c1ccc(S(=O)(=O)NC)cc1. The van der Waals surface area contributed by atoms with Crippen molar-refractivity contribution in [3.63, 3.8) is 0 Å². The van der Waals surface area contributed by atoms with Crippen LogP contribution in [0.2, 0.25) is 0 Å². The summed E-state index contributed by atoms with van der Waals surface area (Å²) in [5.41, 5.74) is 0. The van der Waals surface area contributed by atoms with Gasteiger partial charge in [0.1, 0.15) is 0 Å². The maximum absolute atomic E-state index is 12.2. The molecule has 114 valence electrons. The van der Waals surface area contributed by atoms with E-state index >= 15 is 0 Å². The standard InChI is InChI=1S/C11H19N3O4S2/c1-12-8-9-14(3)20(17,18)11-6-4-10(5-7-11)19(15,16)13-2/h4-7,12-13H,8-9H2,1-3H3. The molecule has 1 aromatic carbocycles. The molecule has 0 amide bonds. The average molecular weight is 321 g/mol. The Balaban J connectivity index is 3.04. The summed E-state index contributed by atoms with van der Waals surface area (Å²) < 4.78 is 50.9. The quantitative estimate of drug-likeness (QED) is 0.701. The van der Waals surface area contributed by atoms with Gasteiger partial charge in [-0.25, -0.2) is 21.6 Å². The molecule has 0 unspecified atom stereocenters. The van der Waals surface area contributed by atoms with E-state index in [-0.39, 0.29) is 9.79 Å². The highest BCUT2D eigenvalue weighted by Gasteiger charge is 2.21. The molecule has 1 rings (SSSR count). The molecule has 0 spiro atoms. The fourth-order valence-electron chi connectivity index (χ4n) is 1.48. The smallest absolute Gasteiger partial charge is 0.242 e. The van der Waals surface area contributed by atoms with Crippen LogP contribution in [0.25, 0.3) is 0 Å². The number of nitrogens with one attached hydrogen (secondary N) is 2. The van der Waals surface area contributed by atoms with E-state index in [0.29, 0.717) is 13.1 Å². The number of likely N-dealkylation sites (N-methyl/N-ethyl adjacent to an activating group) is 2. The molecule has 9 heteroatoms. The van der Waals surface area contributed by atoms with Gasteiger partial charge in [-0.15, -0.1) is 0 Å². The molecule has 0 radical (unpaired) electrons. The van der Waals surface area contributed by atoms with Crippen molar-refractivity contribution in [2.75, 3.05) is 34.2 Å². The first-order valence-corrected chi connectivity index (χ1v) is 8.82. The summed E-state index contributed by atoms with van der Waals surface area (Å²) >= 11 is 0. The highest BCUT2D eigenvalue weighted by molar-refractivity contribution is 7.89. The van der Waals surface area contributed by atoms with Crippen LogP contribution in [0, 0.1) is 0 Å². The lowest BCUT2D eigenvalue weighted by atomic mass is 10.4. The summed E-state index contributed by atoms with van der Waals surface area (Å²) in [7, 11) is -2.66. The topological polar surface area (TPSA) is 95.6 Å². The van der Waals surface area contributed by atoms with Gasteiger partial charge in [-0.1, -0.05) is 0 Å². The first kappa shape index (κ1) is 17.1. The average Bonchev–Trinajstić information content (AvgIpc) is 2.44. The Kier molecular flexibility index (Phi) is 5.66. The zero-order valence-electron chi connectivity index (χ0n) is 11.6. The Morgan fingerprint density at radius 2 is 1.50 bits per heavy atom. The second kappa shape index (κ2) is 6.64. The fraction of sp³-hybridized carbons (Fsp3) is 0.455.